The first-order chi connectivity index (χ1) is 6.29. The van der Waals surface area contributed by atoms with Crippen LogP contribution in [0.15, 0.2) is 10.7 Å². The van der Waals surface area contributed by atoms with Gasteiger partial charge in [0.15, 0.2) is 11.5 Å². The van der Waals surface area contributed by atoms with Gasteiger partial charge in [-0.05, 0) is 19.9 Å². The van der Waals surface area contributed by atoms with Gasteiger partial charge in [0.25, 0.3) is 0 Å². The van der Waals surface area contributed by atoms with Gasteiger partial charge in [-0.25, -0.2) is 0 Å². The van der Waals surface area contributed by atoms with E-state index >= 15 is 0 Å². The van der Waals surface area contributed by atoms with Crippen LogP contribution < -0.4 is 5.32 Å². The number of hydrogen-bond donors (Lipinski definition) is 1. The van der Waals surface area contributed by atoms with Crippen molar-refractivity contribution in [1.82, 2.24) is 10.5 Å². The van der Waals surface area contributed by atoms with E-state index in [4.69, 9.17) is 4.52 Å². The molecule has 1 aliphatic rings. The van der Waals surface area contributed by atoms with Crippen LogP contribution in [-0.4, -0.2) is 24.0 Å². The molecular formula is C9H12N2O2. The summed E-state index contributed by atoms with van der Waals surface area (Å²) in [6.07, 6.45) is 2.53. The summed E-state index contributed by atoms with van der Waals surface area (Å²) in [5.41, 5.74) is 0.633. The number of rotatable bonds is 2. The molecule has 1 aromatic heterocycles. The van der Waals surface area contributed by atoms with Gasteiger partial charge in [-0.2, -0.15) is 0 Å². The van der Waals surface area contributed by atoms with E-state index < -0.39 is 0 Å². The zero-order chi connectivity index (χ0) is 9.26. The number of aromatic nitrogens is 1. The van der Waals surface area contributed by atoms with Gasteiger partial charge in [-0.15, -0.1) is 0 Å². The summed E-state index contributed by atoms with van der Waals surface area (Å²) >= 11 is 0. The molecule has 2 rings (SSSR count). The van der Waals surface area contributed by atoms with E-state index in [1.54, 1.807) is 6.92 Å². The number of nitrogens with one attached hydrogen (secondary N) is 1. The van der Waals surface area contributed by atoms with Gasteiger partial charge in [-0.1, -0.05) is 5.16 Å². The normalized spacial score (nSPS) is 22.1. The molecule has 70 valence electrons. The molecule has 0 spiro atoms. The van der Waals surface area contributed by atoms with Gasteiger partial charge in [0, 0.05) is 12.5 Å². The van der Waals surface area contributed by atoms with Gasteiger partial charge in [0.05, 0.1) is 11.8 Å². The summed E-state index contributed by atoms with van der Waals surface area (Å²) in [4.78, 5) is 11.2. The van der Waals surface area contributed by atoms with Gasteiger partial charge < -0.3 is 9.84 Å². The van der Waals surface area contributed by atoms with E-state index in [1.165, 1.54) is 6.20 Å². The minimum absolute atomic E-state index is 0.0307. The van der Waals surface area contributed by atoms with Crippen molar-refractivity contribution in [1.29, 1.82) is 0 Å². The second-order valence-electron chi connectivity index (χ2n) is 3.35. The van der Waals surface area contributed by atoms with E-state index in [1.807, 2.05) is 0 Å². The summed E-state index contributed by atoms with van der Waals surface area (Å²) in [6.45, 7) is 3.41. The standard InChI is InChI=1S/C9H12N2O2/c1-6(12)8-5-11-13-9(8)7-2-3-10-4-7/h5,7,10H,2-4H2,1H3. The fourth-order valence-electron chi connectivity index (χ4n) is 1.69. The monoisotopic (exact) mass is 180 g/mol. The van der Waals surface area contributed by atoms with E-state index in [0.717, 1.165) is 25.3 Å². The molecule has 0 bridgehead atoms. The molecule has 1 fully saturated rings. The molecule has 4 nitrogen and oxygen atoms in total. The van der Waals surface area contributed by atoms with Crippen LogP contribution in [-0.2, 0) is 0 Å². The molecule has 0 amide bonds. The molecule has 1 saturated heterocycles. The molecule has 0 aromatic carbocycles. The Morgan fingerprint density at radius 2 is 2.62 bits per heavy atom. The fourth-order valence-corrected chi connectivity index (χ4v) is 1.69. The number of carbonyl (C=O) groups is 1. The predicted molar refractivity (Wildman–Crippen MR) is 46.7 cm³/mol. The molecule has 2 heterocycles. The molecule has 4 heteroatoms. The maximum absolute atomic E-state index is 11.2. The topological polar surface area (TPSA) is 55.1 Å². The molecule has 1 N–H and O–H groups in total. The Morgan fingerprint density at radius 3 is 3.23 bits per heavy atom. The van der Waals surface area contributed by atoms with Gasteiger partial charge in [0.2, 0.25) is 0 Å². The van der Waals surface area contributed by atoms with Crippen LogP contribution in [0, 0.1) is 0 Å². The van der Waals surface area contributed by atoms with E-state index in [-0.39, 0.29) is 5.78 Å². The molecule has 0 radical (unpaired) electrons. The van der Waals surface area contributed by atoms with Crippen molar-refractivity contribution in [3.63, 3.8) is 0 Å². The van der Waals surface area contributed by atoms with E-state index in [9.17, 15) is 4.79 Å². The van der Waals surface area contributed by atoms with Crippen LogP contribution in [0.25, 0.3) is 0 Å². The van der Waals surface area contributed by atoms with Crippen molar-refractivity contribution in [2.24, 2.45) is 0 Å². The minimum atomic E-state index is 0.0307. The Balaban J connectivity index is 2.28. The smallest absolute Gasteiger partial charge is 0.165 e. The Hall–Kier alpha value is -1.16. The summed E-state index contributed by atoms with van der Waals surface area (Å²) in [6, 6.07) is 0. The van der Waals surface area contributed by atoms with Gasteiger partial charge in [0.1, 0.15) is 0 Å². The van der Waals surface area contributed by atoms with Crippen molar-refractivity contribution >= 4 is 5.78 Å². The van der Waals surface area contributed by atoms with Crippen molar-refractivity contribution in [2.75, 3.05) is 13.1 Å². The van der Waals surface area contributed by atoms with E-state index in [0.29, 0.717) is 11.5 Å². The van der Waals surface area contributed by atoms with Crippen LogP contribution in [0.3, 0.4) is 0 Å². The van der Waals surface area contributed by atoms with Gasteiger partial charge >= 0.3 is 0 Å². The second-order valence-corrected chi connectivity index (χ2v) is 3.35. The molecule has 0 aliphatic carbocycles. The van der Waals surface area contributed by atoms with Crippen LogP contribution in [0.2, 0.25) is 0 Å². The van der Waals surface area contributed by atoms with Gasteiger partial charge in [-0.3, -0.25) is 4.79 Å². The van der Waals surface area contributed by atoms with Crippen molar-refractivity contribution in [2.45, 2.75) is 19.3 Å². The summed E-state index contributed by atoms with van der Waals surface area (Å²) in [7, 11) is 0. The largest absolute Gasteiger partial charge is 0.360 e. The Bertz CT molecular complexity index is 313. The van der Waals surface area contributed by atoms with E-state index in [2.05, 4.69) is 10.5 Å². The molecule has 13 heavy (non-hydrogen) atoms. The van der Waals surface area contributed by atoms with Crippen LogP contribution >= 0.6 is 0 Å². The first kappa shape index (κ1) is 8.44. The highest BCUT2D eigenvalue weighted by atomic mass is 16.5. The molecule has 1 atom stereocenters. The SMILES string of the molecule is CC(=O)c1cnoc1C1CCNC1. The number of hydrogen-bond acceptors (Lipinski definition) is 4. The van der Waals surface area contributed by atoms with Crippen LogP contribution in [0.4, 0.5) is 0 Å². The number of ketones is 1. The third-order valence-electron chi connectivity index (χ3n) is 2.41. The van der Waals surface area contributed by atoms with Crippen molar-refractivity contribution in [3.05, 3.63) is 17.5 Å². The Labute approximate surface area is 76.3 Å². The Kier molecular flexibility index (Phi) is 2.14. The fraction of sp³-hybridized carbons (Fsp3) is 0.556. The number of nitrogens with zero attached hydrogens (tertiary/aromatic N) is 1. The zero-order valence-electron chi connectivity index (χ0n) is 7.54. The highest BCUT2D eigenvalue weighted by Gasteiger charge is 2.25. The van der Waals surface area contributed by atoms with Crippen molar-refractivity contribution in [3.8, 4) is 0 Å². The first-order valence-corrected chi connectivity index (χ1v) is 4.45. The summed E-state index contributed by atoms with van der Waals surface area (Å²) < 4.78 is 5.10. The quantitative estimate of drug-likeness (QED) is 0.688. The number of Topliss-reactive ketones (excluding diaryl/α,β-unsaturated/α-hetero) is 1. The molecule has 1 aliphatic heterocycles. The maximum Gasteiger partial charge on any atom is 0.165 e. The van der Waals surface area contributed by atoms with Crippen LogP contribution in [0.1, 0.15) is 35.4 Å². The lowest BCUT2D eigenvalue weighted by molar-refractivity contribution is 0.101. The summed E-state index contributed by atoms with van der Waals surface area (Å²) in [5, 5.41) is 6.89. The van der Waals surface area contributed by atoms with Crippen LogP contribution in [0.5, 0.6) is 0 Å². The predicted octanol–water partition coefficient (Wildman–Crippen LogP) is 0.954. The molecular weight excluding hydrogens is 168 g/mol. The number of carbonyl (C=O) groups excluding carboxylic acids is 1. The highest BCUT2D eigenvalue weighted by Crippen LogP contribution is 2.25. The molecule has 0 saturated carbocycles. The minimum Gasteiger partial charge on any atom is -0.360 e. The lowest BCUT2D eigenvalue weighted by Crippen LogP contribution is -2.09. The average Bonchev–Trinajstić information content (AvgIpc) is 2.74. The zero-order valence-corrected chi connectivity index (χ0v) is 7.54. The third-order valence-corrected chi connectivity index (χ3v) is 2.41. The lowest BCUT2D eigenvalue weighted by Gasteiger charge is -2.03. The third kappa shape index (κ3) is 1.49. The summed E-state index contributed by atoms with van der Waals surface area (Å²) in [5.74, 6) is 1.10. The highest BCUT2D eigenvalue weighted by molar-refractivity contribution is 5.94. The molecule has 1 unspecified atom stereocenters. The van der Waals surface area contributed by atoms with Crippen molar-refractivity contribution < 1.29 is 9.32 Å². The Morgan fingerprint density at radius 1 is 1.77 bits per heavy atom. The average molecular weight is 180 g/mol. The second kappa shape index (κ2) is 3.30. The lowest BCUT2D eigenvalue weighted by atomic mass is 10.0. The maximum atomic E-state index is 11.2. The first-order valence-electron chi connectivity index (χ1n) is 4.45. The molecule has 1 aromatic rings.